The number of morpholine rings is 1. The van der Waals surface area contributed by atoms with E-state index < -0.39 is 54.9 Å². The molecule has 55 heavy (non-hydrogen) atoms. The molecule has 4 atom stereocenters. The van der Waals surface area contributed by atoms with Crippen LogP contribution in [0, 0.1) is 49.7 Å². The third-order valence-corrected chi connectivity index (χ3v) is 15.1. The molecule has 312 valence electrons. The zero-order valence-corrected chi connectivity index (χ0v) is 38.7. The van der Waals surface area contributed by atoms with Crippen molar-refractivity contribution < 1.29 is 28.9 Å². The first-order chi connectivity index (χ1) is 24.9. The van der Waals surface area contributed by atoms with Gasteiger partial charge in [-0.25, -0.2) is 0 Å². The minimum atomic E-state index is -1.17. The van der Waals surface area contributed by atoms with Crippen molar-refractivity contribution in [3.8, 4) is 6.07 Å². The molecule has 1 heterocycles. The van der Waals surface area contributed by atoms with Gasteiger partial charge in [0.1, 0.15) is 18.3 Å². The van der Waals surface area contributed by atoms with E-state index >= 15 is 0 Å². The Morgan fingerprint density at radius 3 is 1.89 bits per heavy atom. The first-order valence-corrected chi connectivity index (χ1v) is 21.2. The molecule has 1 N–H and O–H groups in total. The lowest BCUT2D eigenvalue weighted by atomic mass is 9.46. The van der Waals surface area contributed by atoms with Crippen LogP contribution in [0.2, 0.25) is 0 Å². The van der Waals surface area contributed by atoms with E-state index in [-0.39, 0.29) is 18.5 Å². The van der Waals surface area contributed by atoms with E-state index in [1.165, 1.54) is 11.8 Å². The van der Waals surface area contributed by atoms with E-state index in [2.05, 4.69) is 80.2 Å². The molecule has 1 saturated heterocycles. The Bertz CT molecular complexity index is 1500. The number of carbonyl (C=O) groups is 2. The van der Waals surface area contributed by atoms with Crippen LogP contribution in [0.25, 0.3) is 0 Å². The maximum absolute atomic E-state index is 14.9. The summed E-state index contributed by atoms with van der Waals surface area (Å²) >= 11 is 7.47. The van der Waals surface area contributed by atoms with Crippen LogP contribution in [0.4, 0.5) is 0 Å². The molecule has 2 rings (SSSR count). The van der Waals surface area contributed by atoms with Gasteiger partial charge in [0.15, 0.2) is 0 Å². The summed E-state index contributed by atoms with van der Waals surface area (Å²) in [6.45, 7) is 35.3. The average molecular weight is 803 g/mol. The Labute approximate surface area is 344 Å². The maximum atomic E-state index is 14.9. The summed E-state index contributed by atoms with van der Waals surface area (Å²) < 4.78 is 17.7. The molecule has 1 aliphatic rings. The van der Waals surface area contributed by atoms with Crippen LogP contribution in [0.3, 0.4) is 0 Å². The number of nitriles is 1. The minimum Gasteiger partial charge on any atom is -0.462 e. The number of β-amino-alcohol motifs (C(OH)–C–C–N with tert-alkyl or cyclic N) is 1. The van der Waals surface area contributed by atoms with Gasteiger partial charge in [-0.1, -0.05) is 97.9 Å². The molecule has 4 unspecified atom stereocenters. The van der Waals surface area contributed by atoms with Crippen molar-refractivity contribution in [3.05, 3.63) is 35.9 Å². The van der Waals surface area contributed by atoms with Crippen LogP contribution in [0.5, 0.6) is 0 Å². The van der Waals surface area contributed by atoms with Crippen molar-refractivity contribution in [2.45, 2.75) is 146 Å². The summed E-state index contributed by atoms with van der Waals surface area (Å²) in [6, 6.07) is 12.5. The van der Waals surface area contributed by atoms with Crippen LogP contribution in [0.15, 0.2) is 30.3 Å². The molecule has 8 nitrogen and oxygen atoms in total. The predicted molar refractivity (Wildman–Crippen MR) is 230 cm³/mol. The second-order valence-corrected chi connectivity index (χ2v) is 22.7. The van der Waals surface area contributed by atoms with Crippen LogP contribution in [0.1, 0.15) is 136 Å². The van der Waals surface area contributed by atoms with Crippen molar-refractivity contribution in [1.29, 1.82) is 5.26 Å². The zero-order chi connectivity index (χ0) is 42.5. The standard InChI is InChI=1S/C45H74N2O6S2/c1-32(2)26-43(14,31-46)40(8,9)30-44(15,36(49)52-28-34(48)27-47-22-24-51-25-23-47)41(10,11)39(6,7)29-45(16,37(50)53-38(3,4)5)42(12,13)55-35(54)33-20-18-17-19-21-33/h17-21,32,34,48H,22-30H2,1-16H3. The van der Waals surface area contributed by atoms with E-state index in [1.807, 2.05) is 71.9 Å². The fourth-order valence-electron chi connectivity index (χ4n) is 8.13. The van der Waals surface area contributed by atoms with E-state index in [1.54, 1.807) is 0 Å². The normalized spacial score (nSPS) is 19.0. The molecule has 0 radical (unpaired) electrons. The molecule has 1 aromatic carbocycles. The van der Waals surface area contributed by atoms with E-state index in [0.717, 1.165) is 5.56 Å². The predicted octanol–water partition coefficient (Wildman–Crippen LogP) is 9.90. The topological polar surface area (TPSA) is 109 Å². The third-order valence-electron chi connectivity index (χ3n) is 13.2. The van der Waals surface area contributed by atoms with Crippen LogP contribution < -0.4 is 0 Å². The summed E-state index contributed by atoms with van der Waals surface area (Å²) in [5.41, 5.74) is -5.00. The quantitative estimate of drug-likeness (QED) is 0.114. The van der Waals surface area contributed by atoms with Gasteiger partial charge in [-0.15, -0.1) is 11.8 Å². The molecule has 0 amide bonds. The molecule has 0 spiro atoms. The molecular formula is C45H74N2O6S2. The lowest BCUT2D eigenvalue weighted by Gasteiger charge is -2.58. The van der Waals surface area contributed by atoms with Crippen molar-refractivity contribution in [2.24, 2.45) is 38.4 Å². The number of ether oxygens (including phenoxy) is 3. The number of nitrogens with zero attached hydrogens (tertiary/aromatic N) is 2. The Morgan fingerprint density at radius 1 is 0.873 bits per heavy atom. The number of esters is 2. The SMILES string of the molecule is CC(C)CC(C)(C#N)C(C)(C)CC(C)(C(=O)OCC(O)CN1CCOCC1)C(C)(C)C(C)(C)CC(C)(C(=O)OC(C)(C)C)C(C)(C)SC(=S)c1ccccc1. The van der Waals surface area contributed by atoms with Crippen LogP contribution in [-0.2, 0) is 23.8 Å². The fraction of sp³-hybridized carbons (Fsp3) is 0.778. The molecule has 1 aliphatic heterocycles. The number of benzene rings is 1. The largest absolute Gasteiger partial charge is 0.462 e. The number of aliphatic hydroxyl groups is 1. The summed E-state index contributed by atoms with van der Waals surface area (Å²) in [5, 5.41) is 21.7. The van der Waals surface area contributed by atoms with Gasteiger partial charge < -0.3 is 19.3 Å². The molecular weight excluding hydrogens is 729 g/mol. The number of carbonyl (C=O) groups excluding carboxylic acids is 2. The molecule has 1 aromatic rings. The Balaban J connectivity index is 2.70. The van der Waals surface area contributed by atoms with Gasteiger partial charge in [0, 0.05) is 24.4 Å². The Hall–Kier alpha value is -2.03. The average Bonchev–Trinajstić information content (AvgIpc) is 3.05. The van der Waals surface area contributed by atoms with Crippen molar-refractivity contribution in [1.82, 2.24) is 4.90 Å². The van der Waals surface area contributed by atoms with Gasteiger partial charge in [0.05, 0.1) is 39.7 Å². The molecule has 0 bridgehead atoms. The summed E-state index contributed by atoms with van der Waals surface area (Å²) in [5.74, 6) is -0.498. The van der Waals surface area contributed by atoms with Gasteiger partial charge in [-0.3, -0.25) is 14.5 Å². The number of aliphatic hydroxyl groups excluding tert-OH is 1. The third kappa shape index (κ3) is 11.8. The lowest BCUT2D eigenvalue weighted by molar-refractivity contribution is -0.185. The Morgan fingerprint density at radius 2 is 1.40 bits per heavy atom. The first kappa shape index (κ1) is 49.1. The lowest BCUT2D eigenvalue weighted by Crippen LogP contribution is -2.58. The van der Waals surface area contributed by atoms with Gasteiger partial charge >= 0.3 is 11.9 Å². The zero-order valence-electron chi connectivity index (χ0n) is 37.1. The highest BCUT2D eigenvalue weighted by Gasteiger charge is 2.63. The highest BCUT2D eigenvalue weighted by molar-refractivity contribution is 8.24. The maximum Gasteiger partial charge on any atom is 0.313 e. The fourth-order valence-corrected chi connectivity index (χ4v) is 9.99. The smallest absolute Gasteiger partial charge is 0.313 e. The second kappa shape index (κ2) is 18.3. The van der Waals surface area contributed by atoms with Gasteiger partial charge in [0.25, 0.3) is 0 Å². The number of thiocarbonyl (C=S) groups is 1. The number of rotatable bonds is 18. The summed E-state index contributed by atoms with van der Waals surface area (Å²) in [7, 11) is 0. The first-order valence-electron chi connectivity index (χ1n) is 20.0. The highest BCUT2D eigenvalue weighted by atomic mass is 32.2. The van der Waals surface area contributed by atoms with E-state index in [0.29, 0.717) is 56.3 Å². The van der Waals surface area contributed by atoms with Gasteiger partial charge in [0.2, 0.25) is 0 Å². The number of hydrogen-bond donors (Lipinski definition) is 1. The number of thioether (sulfide) groups is 1. The Kier molecular flexibility index (Phi) is 16.3. The van der Waals surface area contributed by atoms with Crippen LogP contribution >= 0.6 is 24.0 Å². The van der Waals surface area contributed by atoms with Crippen LogP contribution in [-0.4, -0.2) is 82.0 Å². The molecule has 0 saturated carbocycles. The van der Waals surface area contributed by atoms with Crippen molar-refractivity contribution in [2.75, 3.05) is 39.5 Å². The molecule has 0 aromatic heterocycles. The highest BCUT2D eigenvalue weighted by Crippen LogP contribution is 2.63. The van der Waals surface area contributed by atoms with E-state index in [9.17, 15) is 20.0 Å². The molecule has 0 aliphatic carbocycles. The second-order valence-electron chi connectivity index (χ2n) is 20.4. The molecule has 1 fully saturated rings. The van der Waals surface area contributed by atoms with Crippen molar-refractivity contribution in [3.63, 3.8) is 0 Å². The summed E-state index contributed by atoms with van der Waals surface area (Å²) in [6.07, 6.45) is 0.476. The van der Waals surface area contributed by atoms with E-state index in [4.69, 9.17) is 26.4 Å². The summed E-state index contributed by atoms with van der Waals surface area (Å²) in [4.78, 5) is 31.6. The van der Waals surface area contributed by atoms with Gasteiger partial charge in [-0.05, 0) is 102 Å². The van der Waals surface area contributed by atoms with Gasteiger partial charge in [-0.2, -0.15) is 5.26 Å². The number of hydrogen-bond acceptors (Lipinski definition) is 10. The minimum absolute atomic E-state index is 0.152. The monoisotopic (exact) mass is 802 g/mol. The molecule has 10 heteroatoms. The van der Waals surface area contributed by atoms with Crippen molar-refractivity contribution >= 4 is 40.1 Å².